The van der Waals surface area contributed by atoms with Crippen molar-refractivity contribution in [2.24, 2.45) is 5.92 Å². The van der Waals surface area contributed by atoms with Crippen LogP contribution in [0.3, 0.4) is 0 Å². The Balaban J connectivity index is 1.95. The second kappa shape index (κ2) is 6.26. The third kappa shape index (κ3) is 2.95. The monoisotopic (exact) mass is 280 g/mol. The number of carbonyl (C=O) groups excluding carboxylic acids is 1. The molecule has 1 aliphatic heterocycles. The van der Waals surface area contributed by atoms with Crippen LogP contribution in [0.4, 0.5) is 5.69 Å². The number of nitrogens with zero attached hydrogens (tertiary/aromatic N) is 1. The van der Waals surface area contributed by atoms with Crippen LogP contribution in [0.1, 0.15) is 55.7 Å². The summed E-state index contributed by atoms with van der Waals surface area (Å²) in [6, 6.07) is 0. The second-order valence-electron chi connectivity index (χ2n) is 5.63. The fourth-order valence-electron chi connectivity index (χ4n) is 2.66. The van der Waals surface area contributed by atoms with Gasteiger partial charge in [0, 0.05) is 19.1 Å². The summed E-state index contributed by atoms with van der Waals surface area (Å²) in [5.74, 6) is 0.387. The van der Waals surface area contributed by atoms with Crippen LogP contribution in [0.5, 0.6) is 0 Å². The number of hydrogen-bond acceptors (Lipinski definition) is 4. The number of nitrogens with one attached hydrogen (secondary N) is 2. The topological polar surface area (TPSA) is 93.0 Å². The summed E-state index contributed by atoms with van der Waals surface area (Å²) >= 11 is 0. The maximum Gasteiger partial charge on any atom is 0.273 e. The van der Waals surface area contributed by atoms with Crippen LogP contribution in [0.2, 0.25) is 0 Å². The minimum Gasteiger partial charge on any atom is -0.395 e. The highest BCUT2D eigenvalue weighted by Gasteiger charge is 2.27. The Bertz CT molecular complexity index is 470. The second-order valence-corrected chi connectivity index (χ2v) is 5.63. The van der Waals surface area contributed by atoms with E-state index in [4.69, 9.17) is 10.5 Å². The van der Waals surface area contributed by atoms with Gasteiger partial charge in [0.2, 0.25) is 0 Å². The molecule has 1 aromatic rings. The van der Waals surface area contributed by atoms with Gasteiger partial charge in [-0.3, -0.25) is 9.89 Å². The zero-order chi connectivity index (χ0) is 14.7. The molecule has 4 N–H and O–H groups in total. The minimum atomic E-state index is -0.215. The molecule has 112 valence electrons. The molecule has 0 saturated carbocycles. The summed E-state index contributed by atoms with van der Waals surface area (Å²) in [4.78, 5) is 12.1. The normalized spacial score (nSPS) is 22.4. The maximum atomic E-state index is 12.1. The highest BCUT2D eigenvalue weighted by molar-refractivity contribution is 5.97. The Kier molecular flexibility index (Phi) is 4.65. The van der Waals surface area contributed by atoms with Gasteiger partial charge in [-0.1, -0.05) is 20.8 Å². The molecule has 0 aromatic carbocycles. The molecule has 2 rings (SSSR count). The molecular weight excluding hydrogens is 256 g/mol. The van der Waals surface area contributed by atoms with Gasteiger partial charge in [-0.05, 0) is 18.8 Å². The number of carbonyl (C=O) groups is 1. The predicted octanol–water partition coefficient (Wildman–Crippen LogP) is 1.66. The molecule has 0 spiro atoms. The quantitative estimate of drug-likeness (QED) is 0.764. The molecule has 6 nitrogen and oxygen atoms in total. The van der Waals surface area contributed by atoms with E-state index >= 15 is 0 Å². The molecule has 2 heterocycles. The van der Waals surface area contributed by atoms with Gasteiger partial charge in [-0.25, -0.2) is 0 Å². The van der Waals surface area contributed by atoms with E-state index in [-0.39, 0.29) is 17.9 Å². The van der Waals surface area contributed by atoms with E-state index in [1.165, 1.54) is 0 Å². The third-order valence-electron chi connectivity index (χ3n) is 3.90. The van der Waals surface area contributed by atoms with Crippen LogP contribution >= 0.6 is 0 Å². The van der Waals surface area contributed by atoms with Crippen molar-refractivity contribution in [2.45, 2.75) is 45.6 Å². The van der Waals surface area contributed by atoms with Gasteiger partial charge in [0.25, 0.3) is 5.91 Å². The SMILES string of the molecule is CCC1OCCC1CNC(=O)c1n[nH]c(C(C)C)c1N. The fourth-order valence-corrected chi connectivity index (χ4v) is 2.66. The molecule has 0 bridgehead atoms. The van der Waals surface area contributed by atoms with Crippen molar-refractivity contribution in [1.29, 1.82) is 0 Å². The third-order valence-corrected chi connectivity index (χ3v) is 3.90. The number of hydrogen-bond donors (Lipinski definition) is 3. The molecule has 1 fully saturated rings. The van der Waals surface area contributed by atoms with Crippen molar-refractivity contribution in [2.75, 3.05) is 18.9 Å². The van der Waals surface area contributed by atoms with Crippen LogP contribution in [0.25, 0.3) is 0 Å². The van der Waals surface area contributed by atoms with Gasteiger partial charge < -0.3 is 15.8 Å². The lowest BCUT2D eigenvalue weighted by Gasteiger charge is -2.16. The number of anilines is 1. The van der Waals surface area contributed by atoms with Gasteiger partial charge >= 0.3 is 0 Å². The van der Waals surface area contributed by atoms with Crippen molar-refractivity contribution >= 4 is 11.6 Å². The highest BCUT2D eigenvalue weighted by Crippen LogP contribution is 2.24. The van der Waals surface area contributed by atoms with Crippen LogP contribution in [-0.2, 0) is 4.74 Å². The van der Waals surface area contributed by atoms with Crippen molar-refractivity contribution < 1.29 is 9.53 Å². The van der Waals surface area contributed by atoms with E-state index in [1.807, 2.05) is 13.8 Å². The maximum absolute atomic E-state index is 12.1. The highest BCUT2D eigenvalue weighted by atomic mass is 16.5. The van der Waals surface area contributed by atoms with Crippen LogP contribution in [0.15, 0.2) is 0 Å². The van der Waals surface area contributed by atoms with Crippen LogP contribution in [0, 0.1) is 5.92 Å². The van der Waals surface area contributed by atoms with Crippen molar-refractivity contribution in [3.05, 3.63) is 11.4 Å². The number of nitrogens with two attached hydrogens (primary N) is 1. The first kappa shape index (κ1) is 14.8. The zero-order valence-corrected chi connectivity index (χ0v) is 12.4. The average Bonchev–Trinajstić information content (AvgIpc) is 3.01. The molecule has 1 aliphatic rings. The summed E-state index contributed by atoms with van der Waals surface area (Å²) in [6.07, 6.45) is 2.22. The Morgan fingerprint density at radius 1 is 1.60 bits per heavy atom. The molecule has 2 unspecified atom stereocenters. The summed E-state index contributed by atoms with van der Waals surface area (Å²) in [5, 5.41) is 9.79. The van der Waals surface area contributed by atoms with Gasteiger partial charge in [0.1, 0.15) is 0 Å². The number of ether oxygens (including phenoxy) is 1. The Labute approximate surface area is 119 Å². The molecular formula is C14H24N4O2. The fraction of sp³-hybridized carbons (Fsp3) is 0.714. The van der Waals surface area contributed by atoms with E-state index in [2.05, 4.69) is 22.4 Å². The number of rotatable bonds is 5. The van der Waals surface area contributed by atoms with Crippen LogP contribution < -0.4 is 11.1 Å². The van der Waals surface area contributed by atoms with Crippen molar-refractivity contribution in [3.8, 4) is 0 Å². The first-order chi connectivity index (χ1) is 9.54. The zero-order valence-electron chi connectivity index (χ0n) is 12.4. The molecule has 20 heavy (non-hydrogen) atoms. The van der Waals surface area contributed by atoms with Crippen molar-refractivity contribution in [3.63, 3.8) is 0 Å². The summed E-state index contributed by atoms with van der Waals surface area (Å²) in [6.45, 7) is 7.51. The first-order valence-electron chi connectivity index (χ1n) is 7.28. The Morgan fingerprint density at radius 2 is 2.35 bits per heavy atom. The number of aromatic amines is 1. The van der Waals surface area contributed by atoms with E-state index < -0.39 is 0 Å². The molecule has 0 aliphatic carbocycles. The summed E-state index contributed by atoms with van der Waals surface area (Å²) < 4.78 is 5.61. The van der Waals surface area contributed by atoms with E-state index in [0.717, 1.165) is 25.1 Å². The lowest BCUT2D eigenvalue weighted by atomic mass is 9.99. The summed E-state index contributed by atoms with van der Waals surface area (Å²) in [5.41, 5.74) is 7.52. The lowest BCUT2D eigenvalue weighted by Crippen LogP contribution is -2.33. The average molecular weight is 280 g/mol. The molecule has 1 amide bonds. The van der Waals surface area contributed by atoms with Gasteiger partial charge in [0.05, 0.1) is 17.5 Å². The van der Waals surface area contributed by atoms with E-state index in [0.29, 0.717) is 23.8 Å². The molecule has 1 saturated heterocycles. The number of H-pyrrole nitrogens is 1. The smallest absolute Gasteiger partial charge is 0.273 e. The standard InChI is InChI=1S/C14H24N4O2/c1-4-10-9(5-6-20-10)7-16-14(19)13-11(15)12(8(2)3)17-18-13/h8-10H,4-7,15H2,1-3H3,(H,16,19)(H,17,18). The number of nitrogen functional groups attached to an aromatic ring is 1. The first-order valence-corrected chi connectivity index (χ1v) is 7.28. The van der Waals surface area contributed by atoms with E-state index in [1.54, 1.807) is 0 Å². The largest absolute Gasteiger partial charge is 0.395 e. The minimum absolute atomic E-state index is 0.215. The lowest BCUT2D eigenvalue weighted by molar-refractivity contribution is 0.0825. The Hall–Kier alpha value is -1.56. The molecule has 1 aromatic heterocycles. The summed E-state index contributed by atoms with van der Waals surface area (Å²) in [7, 11) is 0. The number of aromatic nitrogens is 2. The van der Waals surface area contributed by atoms with Gasteiger partial charge in [-0.15, -0.1) is 0 Å². The molecule has 2 atom stereocenters. The van der Waals surface area contributed by atoms with Crippen molar-refractivity contribution in [1.82, 2.24) is 15.5 Å². The Morgan fingerprint density at radius 3 is 2.95 bits per heavy atom. The predicted molar refractivity (Wildman–Crippen MR) is 77.6 cm³/mol. The van der Waals surface area contributed by atoms with Gasteiger partial charge in [0.15, 0.2) is 5.69 Å². The van der Waals surface area contributed by atoms with E-state index in [9.17, 15) is 4.79 Å². The molecule has 0 radical (unpaired) electrons. The molecule has 6 heteroatoms. The van der Waals surface area contributed by atoms with Crippen LogP contribution in [-0.4, -0.2) is 35.4 Å². The number of amides is 1. The van der Waals surface area contributed by atoms with Gasteiger partial charge in [-0.2, -0.15) is 5.10 Å².